The van der Waals surface area contributed by atoms with E-state index in [9.17, 15) is 23.1 Å². The van der Waals surface area contributed by atoms with Gasteiger partial charge in [0.2, 0.25) is 5.91 Å². The number of halogens is 3. The van der Waals surface area contributed by atoms with Gasteiger partial charge in [0.05, 0.1) is 24.1 Å². The molecular formula is C18H17F3N2O2. The monoisotopic (exact) mass is 350 g/mol. The second-order valence-corrected chi connectivity index (χ2v) is 6.07. The van der Waals surface area contributed by atoms with Crippen molar-refractivity contribution in [1.29, 1.82) is 0 Å². The van der Waals surface area contributed by atoms with Crippen molar-refractivity contribution in [3.8, 4) is 0 Å². The second-order valence-electron chi connectivity index (χ2n) is 6.07. The Bertz CT molecular complexity index is 749. The fourth-order valence-corrected chi connectivity index (χ4v) is 3.21. The van der Waals surface area contributed by atoms with Crippen LogP contribution in [-0.4, -0.2) is 33.5 Å². The lowest BCUT2D eigenvalue weighted by atomic mass is 9.97. The Labute approximate surface area is 142 Å². The number of aliphatic hydroxyl groups excluding tert-OH is 1. The number of likely N-dealkylation sites (tertiary alicyclic amines) is 1. The number of hydrogen-bond acceptors (Lipinski definition) is 3. The average molecular weight is 350 g/mol. The van der Waals surface area contributed by atoms with Crippen LogP contribution in [0.2, 0.25) is 0 Å². The van der Waals surface area contributed by atoms with Crippen LogP contribution in [0.3, 0.4) is 0 Å². The van der Waals surface area contributed by atoms with Crippen molar-refractivity contribution in [3.63, 3.8) is 0 Å². The number of benzene rings is 1. The highest BCUT2D eigenvalue weighted by Gasteiger charge is 2.41. The van der Waals surface area contributed by atoms with Crippen LogP contribution in [0.15, 0.2) is 48.8 Å². The van der Waals surface area contributed by atoms with Crippen LogP contribution in [0.5, 0.6) is 0 Å². The first-order chi connectivity index (χ1) is 11.9. The molecule has 0 aliphatic carbocycles. The first-order valence-electron chi connectivity index (χ1n) is 7.89. The van der Waals surface area contributed by atoms with Gasteiger partial charge in [-0.1, -0.05) is 18.2 Å². The molecule has 1 saturated heterocycles. The molecule has 7 heteroatoms. The summed E-state index contributed by atoms with van der Waals surface area (Å²) >= 11 is 0. The molecule has 3 rings (SSSR count). The van der Waals surface area contributed by atoms with Gasteiger partial charge in [-0.3, -0.25) is 9.78 Å². The van der Waals surface area contributed by atoms with Gasteiger partial charge in [0.1, 0.15) is 0 Å². The summed E-state index contributed by atoms with van der Waals surface area (Å²) in [5.74, 6) is -0.315. The second kappa shape index (κ2) is 6.84. The van der Waals surface area contributed by atoms with E-state index in [1.165, 1.54) is 23.1 Å². The minimum atomic E-state index is -4.51. The van der Waals surface area contributed by atoms with E-state index in [0.717, 1.165) is 11.6 Å². The smallest absolute Gasteiger partial charge is 0.391 e. The molecule has 1 aliphatic rings. The maximum absolute atomic E-state index is 13.3. The summed E-state index contributed by atoms with van der Waals surface area (Å²) in [5.41, 5.74) is -0.0188. The molecule has 0 bridgehead atoms. The zero-order valence-electron chi connectivity index (χ0n) is 13.3. The predicted octanol–water partition coefficient (Wildman–Crippen LogP) is 2.98. The predicted molar refractivity (Wildman–Crippen MR) is 84.5 cm³/mol. The van der Waals surface area contributed by atoms with Crippen molar-refractivity contribution >= 4 is 5.91 Å². The number of carbonyl (C=O) groups is 1. The standard InChI is InChI=1S/C18H17F3N2O2/c19-18(20,21)15-4-2-1-3-14(15)16-10-13(24)11-23(16)17(25)9-12-5-7-22-8-6-12/h1-8,13,16,24H,9-11H2. The number of pyridine rings is 1. The summed E-state index contributed by atoms with van der Waals surface area (Å²) in [4.78, 5) is 17.8. The summed E-state index contributed by atoms with van der Waals surface area (Å²) < 4.78 is 39.9. The largest absolute Gasteiger partial charge is 0.416 e. The molecule has 2 atom stereocenters. The molecule has 2 aromatic rings. The minimum absolute atomic E-state index is 0.0228. The van der Waals surface area contributed by atoms with Gasteiger partial charge in [0, 0.05) is 18.9 Å². The number of aliphatic hydroxyl groups is 1. The Morgan fingerprint density at radius 3 is 2.56 bits per heavy atom. The number of carbonyl (C=O) groups excluding carboxylic acids is 1. The topological polar surface area (TPSA) is 53.4 Å². The van der Waals surface area contributed by atoms with Crippen LogP contribution in [0.4, 0.5) is 13.2 Å². The third kappa shape index (κ3) is 3.82. The van der Waals surface area contributed by atoms with Gasteiger partial charge >= 0.3 is 6.18 Å². The normalized spacial score (nSPS) is 20.7. The minimum Gasteiger partial charge on any atom is -0.391 e. The Balaban J connectivity index is 1.89. The lowest BCUT2D eigenvalue weighted by molar-refractivity contribution is -0.140. The fraction of sp³-hybridized carbons (Fsp3) is 0.333. The van der Waals surface area contributed by atoms with Crippen molar-refractivity contribution in [2.24, 2.45) is 0 Å². The van der Waals surface area contributed by atoms with E-state index in [2.05, 4.69) is 4.98 Å². The zero-order valence-corrected chi connectivity index (χ0v) is 13.3. The highest BCUT2D eigenvalue weighted by Crippen LogP contribution is 2.40. The summed E-state index contributed by atoms with van der Waals surface area (Å²) in [6.45, 7) is 0.0285. The van der Waals surface area contributed by atoms with E-state index >= 15 is 0 Å². The van der Waals surface area contributed by atoms with Crippen molar-refractivity contribution in [1.82, 2.24) is 9.88 Å². The van der Waals surface area contributed by atoms with Crippen LogP contribution in [0, 0.1) is 0 Å². The summed E-state index contributed by atoms with van der Waals surface area (Å²) in [5, 5.41) is 9.95. The highest BCUT2D eigenvalue weighted by molar-refractivity contribution is 5.79. The van der Waals surface area contributed by atoms with E-state index in [4.69, 9.17) is 0 Å². The molecule has 132 valence electrons. The van der Waals surface area contributed by atoms with Crippen LogP contribution in [0.25, 0.3) is 0 Å². The number of aromatic nitrogens is 1. The highest BCUT2D eigenvalue weighted by atomic mass is 19.4. The molecule has 0 radical (unpaired) electrons. The summed E-state index contributed by atoms with van der Waals surface area (Å²) in [6.07, 6.45) is -2.10. The number of amides is 1. The van der Waals surface area contributed by atoms with E-state index in [-0.39, 0.29) is 30.9 Å². The molecular weight excluding hydrogens is 333 g/mol. The average Bonchev–Trinajstić information content (AvgIpc) is 2.97. The van der Waals surface area contributed by atoms with Gasteiger partial charge in [-0.2, -0.15) is 13.2 Å². The summed E-state index contributed by atoms with van der Waals surface area (Å²) in [6, 6.07) is 7.79. The molecule has 1 N–H and O–H groups in total. The van der Waals surface area contributed by atoms with E-state index in [0.29, 0.717) is 0 Å². The molecule has 1 amide bonds. The number of alkyl halides is 3. The maximum atomic E-state index is 13.3. The molecule has 4 nitrogen and oxygen atoms in total. The molecule has 2 heterocycles. The van der Waals surface area contributed by atoms with E-state index in [1.807, 2.05) is 0 Å². The Hall–Kier alpha value is -2.41. The molecule has 1 aromatic carbocycles. The van der Waals surface area contributed by atoms with E-state index in [1.54, 1.807) is 24.5 Å². The van der Waals surface area contributed by atoms with Gasteiger partial charge in [-0.05, 0) is 35.7 Å². The van der Waals surface area contributed by atoms with Crippen LogP contribution in [-0.2, 0) is 17.4 Å². The van der Waals surface area contributed by atoms with Crippen LogP contribution >= 0.6 is 0 Å². The molecule has 1 aromatic heterocycles. The molecule has 1 aliphatic heterocycles. The molecule has 25 heavy (non-hydrogen) atoms. The van der Waals surface area contributed by atoms with Crippen LogP contribution < -0.4 is 0 Å². The van der Waals surface area contributed by atoms with Gasteiger partial charge in [-0.25, -0.2) is 0 Å². The molecule has 2 unspecified atom stereocenters. The Morgan fingerprint density at radius 1 is 1.20 bits per heavy atom. The molecule has 0 spiro atoms. The third-order valence-electron chi connectivity index (χ3n) is 4.33. The maximum Gasteiger partial charge on any atom is 0.416 e. The number of hydrogen-bond donors (Lipinski definition) is 1. The quantitative estimate of drug-likeness (QED) is 0.926. The molecule has 0 saturated carbocycles. The fourth-order valence-electron chi connectivity index (χ4n) is 3.21. The van der Waals surface area contributed by atoms with Crippen LogP contribution in [0.1, 0.15) is 29.2 Å². The van der Waals surface area contributed by atoms with Gasteiger partial charge in [-0.15, -0.1) is 0 Å². The summed E-state index contributed by atoms with van der Waals surface area (Å²) in [7, 11) is 0. The first-order valence-corrected chi connectivity index (χ1v) is 7.89. The van der Waals surface area contributed by atoms with Gasteiger partial charge in [0.15, 0.2) is 0 Å². The van der Waals surface area contributed by atoms with Crippen molar-refractivity contribution < 1.29 is 23.1 Å². The third-order valence-corrected chi connectivity index (χ3v) is 4.33. The SMILES string of the molecule is O=C(Cc1ccncc1)N1CC(O)CC1c1ccccc1C(F)(F)F. The van der Waals surface area contributed by atoms with Crippen molar-refractivity contribution in [2.75, 3.05) is 6.54 Å². The molecule has 1 fully saturated rings. The Kier molecular flexibility index (Phi) is 4.76. The van der Waals surface area contributed by atoms with Crippen molar-refractivity contribution in [3.05, 3.63) is 65.5 Å². The lowest BCUT2D eigenvalue weighted by Crippen LogP contribution is -2.33. The number of nitrogens with zero attached hydrogens (tertiary/aromatic N) is 2. The van der Waals surface area contributed by atoms with E-state index < -0.39 is 23.9 Å². The van der Waals surface area contributed by atoms with Gasteiger partial charge < -0.3 is 10.0 Å². The van der Waals surface area contributed by atoms with Crippen molar-refractivity contribution in [2.45, 2.75) is 31.2 Å². The van der Waals surface area contributed by atoms with Gasteiger partial charge in [0.25, 0.3) is 0 Å². The number of rotatable bonds is 3. The number of β-amino-alcohol motifs (C(OH)–C–C–N with tert-alkyl or cyclic N) is 1. The first kappa shape index (κ1) is 17.4. The Morgan fingerprint density at radius 2 is 1.88 bits per heavy atom. The zero-order chi connectivity index (χ0) is 18.0. The lowest BCUT2D eigenvalue weighted by Gasteiger charge is -2.27.